The lowest BCUT2D eigenvalue weighted by Gasteiger charge is -2.08. The van der Waals surface area contributed by atoms with Crippen molar-refractivity contribution in [1.29, 1.82) is 5.26 Å². The van der Waals surface area contributed by atoms with E-state index >= 15 is 0 Å². The highest BCUT2D eigenvalue weighted by Gasteiger charge is 2.17. The fourth-order valence-electron chi connectivity index (χ4n) is 2.36. The van der Waals surface area contributed by atoms with Crippen LogP contribution in [0.5, 0.6) is 5.75 Å². The number of nitrogens with zero attached hydrogens (tertiary/aromatic N) is 2. The summed E-state index contributed by atoms with van der Waals surface area (Å²) in [6.07, 6.45) is 0. The third kappa shape index (κ3) is 3.66. The molecule has 0 aliphatic rings. The van der Waals surface area contributed by atoms with E-state index in [2.05, 4.69) is 10.3 Å². The Balaban J connectivity index is 1.74. The van der Waals surface area contributed by atoms with E-state index in [1.54, 1.807) is 6.07 Å². The summed E-state index contributed by atoms with van der Waals surface area (Å²) in [7, 11) is 0. The van der Waals surface area contributed by atoms with Crippen molar-refractivity contribution in [3.63, 3.8) is 0 Å². The molecule has 0 saturated heterocycles. The predicted octanol–water partition coefficient (Wildman–Crippen LogP) is 4.43. The summed E-state index contributed by atoms with van der Waals surface area (Å²) in [6.45, 7) is 6.88. The zero-order chi connectivity index (χ0) is 17.8. The van der Waals surface area contributed by atoms with Gasteiger partial charge in [0.15, 0.2) is 5.76 Å². The molecule has 2 aromatic heterocycles. The van der Waals surface area contributed by atoms with Crippen LogP contribution in [0.1, 0.15) is 29.5 Å². The molecule has 1 aromatic carbocycles. The number of aryl methyl sites for hydroxylation is 2. The number of rotatable bonds is 6. The lowest BCUT2D eigenvalue weighted by Crippen LogP contribution is -1.96. The molecule has 0 aliphatic heterocycles. The Morgan fingerprint density at radius 2 is 2.04 bits per heavy atom. The van der Waals surface area contributed by atoms with Gasteiger partial charge in [-0.3, -0.25) is 0 Å². The van der Waals surface area contributed by atoms with Crippen molar-refractivity contribution >= 4 is 5.88 Å². The van der Waals surface area contributed by atoms with Crippen LogP contribution in [-0.4, -0.2) is 11.5 Å². The highest BCUT2D eigenvalue weighted by Crippen LogP contribution is 2.27. The molecule has 1 N–H and O–H groups in total. The lowest BCUT2D eigenvalue weighted by atomic mass is 10.1. The number of nitriles is 1. The van der Waals surface area contributed by atoms with E-state index in [9.17, 15) is 0 Å². The zero-order valence-corrected chi connectivity index (χ0v) is 14.4. The molecule has 6 heteroatoms. The number of oxazole rings is 1. The van der Waals surface area contributed by atoms with E-state index < -0.39 is 0 Å². The number of aromatic nitrogens is 1. The van der Waals surface area contributed by atoms with Gasteiger partial charge >= 0.3 is 0 Å². The van der Waals surface area contributed by atoms with Crippen LogP contribution in [0.15, 0.2) is 39.2 Å². The molecule has 0 atom stereocenters. The molecule has 6 nitrogen and oxygen atoms in total. The monoisotopic (exact) mass is 337 g/mol. The predicted molar refractivity (Wildman–Crippen MR) is 93.3 cm³/mol. The van der Waals surface area contributed by atoms with Crippen molar-refractivity contribution in [3.05, 3.63) is 52.9 Å². The molecule has 0 spiro atoms. The number of nitrogens with one attached hydrogen (secondary N) is 1. The Kier molecular flexibility index (Phi) is 4.75. The Labute approximate surface area is 146 Å². The molecule has 0 saturated carbocycles. The molecule has 0 bridgehead atoms. The standard InChI is InChI=1S/C19H19N3O3/c1-4-21-18-15(10-20)22-19(25-18)16-8-7-14(24-16)11-23-17-9-12(2)5-6-13(17)3/h5-9,21H,4,11H2,1-3H3. The highest BCUT2D eigenvalue weighted by atomic mass is 16.5. The van der Waals surface area contributed by atoms with Crippen molar-refractivity contribution in [2.45, 2.75) is 27.4 Å². The summed E-state index contributed by atoms with van der Waals surface area (Å²) in [6, 6.07) is 11.6. The zero-order valence-electron chi connectivity index (χ0n) is 14.4. The van der Waals surface area contributed by atoms with Crippen LogP contribution in [0.3, 0.4) is 0 Å². The van der Waals surface area contributed by atoms with E-state index in [4.69, 9.17) is 18.8 Å². The second kappa shape index (κ2) is 7.14. The van der Waals surface area contributed by atoms with E-state index in [1.165, 1.54) is 0 Å². The van der Waals surface area contributed by atoms with Gasteiger partial charge in [0.1, 0.15) is 24.2 Å². The van der Waals surface area contributed by atoms with Gasteiger partial charge in [0.05, 0.1) is 0 Å². The number of furan rings is 1. The van der Waals surface area contributed by atoms with Crippen LogP contribution in [-0.2, 0) is 6.61 Å². The number of hydrogen-bond donors (Lipinski definition) is 1. The maximum Gasteiger partial charge on any atom is 0.266 e. The first-order valence-corrected chi connectivity index (χ1v) is 8.04. The molecule has 0 aliphatic carbocycles. The minimum Gasteiger partial charge on any atom is -0.485 e. The summed E-state index contributed by atoms with van der Waals surface area (Å²) in [4.78, 5) is 4.15. The molecule has 0 amide bonds. The van der Waals surface area contributed by atoms with Crippen LogP contribution < -0.4 is 10.1 Å². The topological polar surface area (TPSA) is 84.2 Å². The summed E-state index contributed by atoms with van der Waals surface area (Å²) in [5, 5.41) is 12.1. The van der Waals surface area contributed by atoms with Gasteiger partial charge in [0, 0.05) is 6.54 Å². The van der Waals surface area contributed by atoms with E-state index in [0.29, 0.717) is 30.6 Å². The van der Waals surface area contributed by atoms with Crippen molar-refractivity contribution in [3.8, 4) is 23.5 Å². The molecule has 3 aromatic rings. The van der Waals surface area contributed by atoms with Gasteiger partial charge in [-0.1, -0.05) is 12.1 Å². The van der Waals surface area contributed by atoms with Crippen LogP contribution in [0.4, 0.5) is 5.88 Å². The summed E-state index contributed by atoms with van der Waals surface area (Å²) < 4.78 is 17.1. The first-order chi connectivity index (χ1) is 12.1. The van der Waals surface area contributed by atoms with Gasteiger partial charge < -0.3 is 18.9 Å². The Morgan fingerprint density at radius 1 is 1.20 bits per heavy atom. The smallest absolute Gasteiger partial charge is 0.266 e. The molecule has 3 rings (SSSR count). The van der Waals surface area contributed by atoms with Gasteiger partial charge in [-0.2, -0.15) is 10.2 Å². The molecule has 0 fully saturated rings. The van der Waals surface area contributed by atoms with Gasteiger partial charge in [0.25, 0.3) is 5.89 Å². The molecular formula is C19H19N3O3. The summed E-state index contributed by atoms with van der Waals surface area (Å²) in [5.41, 5.74) is 2.42. The minimum absolute atomic E-state index is 0.210. The number of benzene rings is 1. The van der Waals surface area contributed by atoms with Crippen molar-refractivity contribution < 1.29 is 13.6 Å². The van der Waals surface area contributed by atoms with Gasteiger partial charge in [0.2, 0.25) is 11.6 Å². The maximum absolute atomic E-state index is 9.11. The first-order valence-electron chi connectivity index (χ1n) is 8.04. The fourth-order valence-corrected chi connectivity index (χ4v) is 2.36. The average Bonchev–Trinajstić information content (AvgIpc) is 3.22. The first kappa shape index (κ1) is 16.7. The van der Waals surface area contributed by atoms with E-state index in [1.807, 2.05) is 51.1 Å². The third-order valence-electron chi connectivity index (χ3n) is 3.66. The molecule has 2 heterocycles. The summed E-state index contributed by atoms with van der Waals surface area (Å²) in [5.74, 6) is 2.56. The summed E-state index contributed by atoms with van der Waals surface area (Å²) >= 11 is 0. The van der Waals surface area contributed by atoms with E-state index in [0.717, 1.165) is 16.9 Å². The SMILES string of the molecule is CCNc1oc(-c2ccc(COc3cc(C)ccc3C)o2)nc1C#N. The minimum atomic E-state index is 0.210. The van der Waals surface area contributed by atoms with Gasteiger partial charge in [-0.15, -0.1) is 0 Å². The lowest BCUT2D eigenvalue weighted by molar-refractivity contribution is 0.269. The second-order valence-electron chi connectivity index (χ2n) is 5.66. The van der Waals surface area contributed by atoms with Crippen LogP contribution in [0.2, 0.25) is 0 Å². The van der Waals surface area contributed by atoms with Crippen LogP contribution in [0, 0.1) is 25.2 Å². The molecule has 0 radical (unpaired) electrons. The average molecular weight is 337 g/mol. The quantitative estimate of drug-likeness (QED) is 0.716. The van der Waals surface area contributed by atoms with Gasteiger partial charge in [-0.25, -0.2) is 0 Å². The second-order valence-corrected chi connectivity index (χ2v) is 5.66. The van der Waals surface area contributed by atoms with Crippen molar-refractivity contribution in [2.75, 3.05) is 11.9 Å². The Hall–Kier alpha value is -3.20. The number of hydrogen-bond acceptors (Lipinski definition) is 6. The third-order valence-corrected chi connectivity index (χ3v) is 3.66. The highest BCUT2D eigenvalue weighted by molar-refractivity contribution is 5.54. The molecule has 0 unspecified atom stereocenters. The number of ether oxygens (including phenoxy) is 1. The fraction of sp³-hybridized carbons (Fsp3) is 0.263. The largest absolute Gasteiger partial charge is 0.485 e. The van der Waals surface area contributed by atoms with Crippen molar-refractivity contribution in [2.24, 2.45) is 0 Å². The normalized spacial score (nSPS) is 10.5. The maximum atomic E-state index is 9.11. The van der Waals surface area contributed by atoms with Crippen LogP contribution >= 0.6 is 0 Å². The molecule has 128 valence electrons. The Bertz CT molecular complexity index is 918. The van der Waals surface area contributed by atoms with Crippen molar-refractivity contribution in [1.82, 2.24) is 4.98 Å². The molecular weight excluding hydrogens is 318 g/mol. The number of anilines is 1. The Morgan fingerprint density at radius 3 is 2.80 bits per heavy atom. The van der Waals surface area contributed by atoms with Gasteiger partial charge in [-0.05, 0) is 50.1 Å². The molecule has 25 heavy (non-hydrogen) atoms. The van der Waals surface area contributed by atoms with E-state index in [-0.39, 0.29) is 11.6 Å². The van der Waals surface area contributed by atoms with Crippen LogP contribution in [0.25, 0.3) is 11.7 Å².